The highest BCUT2D eigenvalue weighted by Gasteiger charge is 2.31. The maximum absolute atomic E-state index is 12.6. The van der Waals surface area contributed by atoms with Gasteiger partial charge in [-0.05, 0) is 31.7 Å². The Morgan fingerprint density at radius 1 is 1.10 bits per heavy atom. The summed E-state index contributed by atoms with van der Waals surface area (Å²) in [5, 5.41) is 13.9. The van der Waals surface area contributed by atoms with Crippen LogP contribution in [0.5, 0.6) is 17.2 Å². The third kappa shape index (κ3) is 6.47. The number of halogens is 3. The van der Waals surface area contributed by atoms with Crippen LogP contribution in [0.25, 0.3) is 21.1 Å². The molecule has 0 amide bonds. The molecule has 0 saturated carbocycles. The van der Waals surface area contributed by atoms with Crippen molar-refractivity contribution in [3.63, 3.8) is 0 Å². The number of ether oxygens (including phenoxy) is 3. The van der Waals surface area contributed by atoms with E-state index in [2.05, 4.69) is 42.9 Å². The van der Waals surface area contributed by atoms with Crippen LogP contribution in [0, 0.1) is 11.3 Å². The minimum absolute atomic E-state index is 0.274. The number of alkyl halides is 3. The number of nitriles is 1. The Morgan fingerprint density at radius 3 is 2.62 bits per heavy atom. The first-order chi connectivity index (χ1) is 19.2. The number of nitrogens with zero attached hydrogens (tertiary/aromatic N) is 5. The van der Waals surface area contributed by atoms with E-state index in [1.165, 1.54) is 24.4 Å². The topological polar surface area (TPSA) is 95.8 Å². The van der Waals surface area contributed by atoms with Crippen molar-refractivity contribution in [2.45, 2.75) is 12.8 Å². The van der Waals surface area contributed by atoms with Gasteiger partial charge in [0, 0.05) is 56.4 Å². The summed E-state index contributed by atoms with van der Waals surface area (Å²) in [5.74, 6) is 0.710. The van der Waals surface area contributed by atoms with E-state index < -0.39 is 6.36 Å². The molecule has 40 heavy (non-hydrogen) atoms. The molecule has 0 atom stereocenters. The van der Waals surface area contributed by atoms with Crippen molar-refractivity contribution < 1.29 is 27.4 Å². The van der Waals surface area contributed by atoms with Crippen molar-refractivity contribution in [2.24, 2.45) is 0 Å². The minimum Gasteiger partial charge on any atom is -0.493 e. The summed E-state index contributed by atoms with van der Waals surface area (Å²) in [4.78, 5) is 13.6. The number of nitrogens with one attached hydrogen (secondary N) is 1. The lowest BCUT2D eigenvalue weighted by atomic mass is 10.1. The van der Waals surface area contributed by atoms with E-state index in [4.69, 9.17) is 9.47 Å². The fourth-order valence-electron chi connectivity index (χ4n) is 4.50. The molecule has 210 valence electrons. The smallest absolute Gasteiger partial charge is 0.493 e. The third-order valence-corrected chi connectivity index (χ3v) is 7.50. The fourth-order valence-corrected chi connectivity index (χ4v) is 5.39. The molecule has 1 aliphatic rings. The van der Waals surface area contributed by atoms with Crippen LogP contribution in [0.3, 0.4) is 0 Å². The van der Waals surface area contributed by atoms with Crippen LogP contribution in [0.4, 0.5) is 24.0 Å². The van der Waals surface area contributed by atoms with Gasteiger partial charge >= 0.3 is 6.36 Å². The van der Waals surface area contributed by atoms with Gasteiger partial charge in [0.25, 0.3) is 0 Å². The van der Waals surface area contributed by atoms with Gasteiger partial charge in [0.2, 0.25) is 0 Å². The van der Waals surface area contributed by atoms with Crippen molar-refractivity contribution in [1.29, 1.82) is 5.26 Å². The van der Waals surface area contributed by atoms with Crippen molar-refractivity contribution in [3.05, 3.63) is 42.1 Å². The first kappa shape index (κ1) is 27.7. The molecule has 13 heteroatoms. The highest BCUT2D eigenvalue weighted by Crippen LogP contribution is 2.39. The monoisotopic (exact) mass is 572 g/mol. The van der Waals surface area contributed by atoms with E-state index in [0.29, 0.717) is 50.0 Å². The lowest BCUT2D eigenvalue weighted by Crippen LogP contribution is -2.44. The number of likely N-dealkylation sites (N-methyl/N-ethyl adjacent to an activating group) is 1. The van der Waals surface area contributed by atoms with E-state index in [1.807, 2.05) is 0 Å². The number of aromatic nitrogens is 2. The molecule has 5 rings (SSSR count). The predicted molar refractivity (Wildman–Crippen MR) is 147 cm³/mol. The summed E-state index contributed by atoms with van der Waals surface area (Å²) in [6.07, 6.45) is -2.47. The van der Waals surface area contributed by atoms with Gasteiger partial charge in [-0.15, -0.1) is 13.2 Å². The largest absolute Gasteiger partial charge is 0.573 e. The number of thiazole rings is 1. The summed E-state index contributed by atoms with van der Waals surface area (Å²) in [7, 11) is 3.67. The Hall–Kier alpha value is -3.86. The maximum atomic E-state index is 12.6. The van der Waals surface area contributed by atoms with Crippen LogP contribution in [0.2, 0.25) is 0 Å². The average molecular weight is 573 g/mol. The zero-order chi connectivity index (χ0) is 28.3. The van der Waals surface area contributed by atoms with E-state index >= 15 is 0 Å². The number of piperazine rings is 1. The lowest BCUT2D eigenvalue weighted by molar-refractivity contribution is -0.274. The number of pyridine rings is 1. The highest BCUT2D eigenvalue weighted by molar-refractivity contribution is 7.22. The van der Waals surface area contributed by atoms with Gasteiger partial charge in [-0.3, -0.25) is 4.98 Å². The number of benzene rings is 2. The first-order valence-electron chi connectivity index (χ1n) is 12.6. The van der Waals surface area contributed by atoms with Gasteiger partial charge in [0.1, 0.15) is 11.8 Å². The second-order valence-electron chi connectivity index (χ2n) is 9.35. The van der Waals surface area contributed by atoms with Crippen molar-refractivity contribution in [3.8, 4) is 23.3 Å². The van der Waals surface area contributed by atoms with Crippen molar-refractivity contribution in [2.75, 3.05) is 58.8 Å². The van der Waals surface area contributed by atoms with Gasteiger partial charge in [0.15, 0.2) is 16.6 Å². The fraction of sp³-hybridized carbons (Fsp3) is 0.370. The maximum Gasteiger partial charge on any atom is 0.573 e. The standard InChI is InChI=1S/C27H27F3N6O3S/c1-35-7-9-36(10-8-35)6-3-11-38-23-14-21-19(13-22(23)37-2)25(17(15-31)16-32-21)34-26-33-20-5-4-18(12-24(20)40-26)39-27(28,29)30/h4-5,12-14,16H,3,6-11H2,1-2H3,(H,32,33,34). The van der Waals surface area contributed by atoms with Crippen LogP contribution >= 0.6 is 11.3 Å². The second-order valence-corrected chi connectivity index (χ2v) is 10.4. The highest BCUT2D eigenvalue weighted by atomic mass is 32.1. The lowest BCUT2D eigenvalue weighted by Gasteiger charge is -2.32. The molecule has 0 radical (unpaired) electrons. The molecule has 1 saturated heterocycles. The zero-order valence-corrected chi connectivity index (χ0v) is 22.7. The number of hydrogen-bond acceptors (Lipinski definition) is 10. The Balaban J connectivity index is 1.36. The Morgan fingerprint density at radius 2 is 1.90 bits per heavy atom. The number of rotatable bonds is 9. The summed E-state index contributed by atoms with van der Waals surface area (Å²) in [6.45, 7) is 5.70. The van der Waals surface area contributed by atoms with Crippen LogP contribution < -0.4 is 19.5 Å². The quantitative estimate of drug-likeness (QED) is 0.265. The molecule has 1 aliphatic heterocycles. The molecular weight excluding hydrogens is 545 g/mol. The van der Waals surface area contributed by atoms with Crippen LogP contribution in [0.1, 0.15) is 12.0 Å². The number of methoxy groups -OCH3 is 1. The van der Waals surface area contributed by atoms with Gasteiger partial charge in [-0.25, -0.2) is 4.98 Å². The minimum atomic E-state index is -4.79. The van der Waals surface area contributed by atoms with Crippen LogP contribution in [0.15, 0.2) is 36.5 Å². The van der Waals surface area contributed by atoms with Crippen molar-refractivity contribution in [1.82, 2.24) is 19.8 Å². The van der Waals surface area contributed by atoms with Gasteiger partial charge in [0.05, 0.1) is 40.7 Å². The molecule has 0 bridgehead atoms. The Bertz CT molecular complexity index is 1550. The summed E-state index contributed by atoms with van der Waals surface area (Å²) >= 11 is 1.14. The van der Waals surface area contributed by atoms with E-state index in [0.717, 1.165) is 50.5 Å². The van der Waals surface area contributed by atoms with Crippen molar-refractivity contribution >= 4 is 43.3 Å². The Labute approximate surface area is 232 Å². The molecule has 2 aromatic carbocycles. The van der Waals surface area contributed by atoms with Gasteiger partial charge in [-0.2, -0.15) is 5.26 Å². The molecule has 2 aromatic heterocycles. The first-order valence-corrected chi connectivity index (χ1v) is 13.4. The Kier molecular flexibility index (Phi) is 8.11. The SMILES string of the molecule is COc1cc2c(Nc3nc4ccc(OC(F)(F)F)cc4s3)c(C#N)cnc2cc1OCCCN1CCN(C)CC1. The molecule has 3 heterocycles. The van der Waals surface area contributed by atoms with E-state index in [9.17, 15) is 18.4 Å². The molecule has 4 aromatic rings. The number of fused-ring (bicyclic) bond motifs is 2. The van der Waals surface area contributed by atoms with Crippen LogP contribution in [-0.2, 0) is 0 Å². The summed E-state index contributed by atoms with van der Waals surface area (Å²) < 4.78 is 54.0. The van der Waals surface area contributed by atoms with Crippen LogP contribution in [-0.4, -0.2) is 79.6 Å². The molecule has 9 nitrogen and oxygen atoms in total. The molecule has 1 N–H and O–H groups in total. The molecule has 0 unspecified atom stereocenters. The molecule has 0 spiro atoms. The molecular formula is C27H27F3N6O3S. The summed E-state index contributed by atoms with van der Waals surface area (Å²) in [5.41, 5.74) is 1.80. The normalized spacial score (nSPS) is 14.8. The molecule has 1 fully saturated rings. The predicted octanol–water partition coefficient (Wildman–Crippen LogP) is 5.38. The zero-order valence-electron chi connectivity index (χ0n) is 21.9. The average Bonchev–Trinajstić information content (AvgIpc) is 3.32. The molecule has 0 aliphatic carbocycles. The van der Waals surface area contributed by atoms with Gasteiger partial charge in [-0.1, -0.05) is 11.3 Å². The number of hydrogen-bond donors (Lipinski definition) is 1. The van der Waals surface area contributed by atoms with Gasteiger partial charge < -0.3 is 29.3 Å². The third-order valence-electron chi connectivity index (χ3n) is 6.57. The van der Waals surface area contributed by atoms with E-state index in [1.54, 1.807) is 19.2 Å². The number of anilines is 2. The summed E-state index contributed by atoms with van der Waals surface area (Å²) in [6, 6.07) is 9.59. The van der Waals surface area contributed by atoms with E-state index in [-0.39, 0.29) is 11.3 Å². The second kappa shape index (κ2) is 11.7.